The Morgan fingerprint density at radius 3 is 2.82 bits per heavy atom. The third kappa shape index (κ3) is 2.73. The van der Waals surface area contributed by atoms with Gasteiger partial charge in [0.25, 0.3) is 0 Å². The van der Waals surface area contributed by atoms with E-state index in [1.807, 2.05) is 7.85 Å². The van der Waals surface area contributed by atoms with Gasteiger partial charge in [-0.15, -0.1) is 0 Å². The highest BCUT2D eigenvalue weighted by Gasteiger charge is 2.48. The van der Waals surface area contributed by atoms with E-state index in [2.05, 4.69) is 12.2 Å². The zero-order chi connectivity index (χ0) is 12.4. The van der Waals surface area contributed by atoms with Gasteiger partial charge in [-0.2, -0.15) is 0 Å². The van der Waals surface area contributed by atoms with Gasteiger partial charge in [0.15, 0.2) is 6.29 Å². The second-order valence-corrected chi connectivity index (χ2v) is 4.94. The van der Waals surface area contributed by atoms with Crippen molar-refractivity contribution in [3.05, 3.63) is 12.2 Å². The van der Waals surface area contributed by atoms with Crippen molar-refractivity contribution >= 4 is 7.85 Å². The first kappa shape index (κ1) is 13.1. The predicted molar refractivity (Wildman–Crippen MR) is 66.4 cm³/mol. The number of aliphatic hydroxyl groups excluding tert-OH is 1. The number of fused-ring (bicyclic) bond motifs is 1. The van der Waals surface area contributed by atoms with Crippen LogP contribution in [0.15, 0.2) is 12.2 Å². The molecule has 1 saturated carbocycles. The number of methoxy groups -OCH3 is 2. The SMILES string of the molecule is BC(/C=C/[C@@H]1[C@H]2CC(O)O[C@H]2C[C@H]1OC)OC. The second kappa shape index (κ2) is 5.52. The van der Waals surface area contributed by atoms with E-state index in [1.54, 1.807) is 14.2 Å². The van der Waals surface area contributed by atoms with Crippen LogP contribution in [0.2, 0.25) is 0 Å². The van der Waals surface area contributed by atoms with Crippen LogP contribution in [-0.4, -0.2) is 51.7 Å². The van der Waals surface area contributed by atoms with Gasteiger partial charge in [-0.1, -0.05) is 12.2 Å². The van der Waals surface area contributed by atoms with E-state index in [-0.39, 0.29) is 18.2 Å². The molecule has 0 aromatic carbocycles. The molecule has 2 fully saturated rings. The topological polar surface area (TPSA) is 47.9 Å². The molecule has 0 aromatic heterocycles. The van der Waals surface area contributed by atoms with Crippen LogP contribution in [0.1, 0.15) is 12.8 Å². The Kier molecular flexibility index (Phi) is 4.25. The normalized spacial score (nSPS) is 43.1. The highest BCUT2D eigenvalue weighted by molar-refractivity contribution is 6.12. The molecule has 2 aliphatic rings. The fourth-order valence-corrected chi connectivity index (χ4v) is 2.92. The van der Waals surface area contributed by atoms with Crippen molar-refractivity contribution < 1.29 is 19.3 Å². The minimum Gasteiger partial charge on any atom is -0.387 e. The zero-order valence-corrected chi connectivity index (χ0v) is 10.7. The van der Waals surface area contributed by atoms with Crippen LogP contribution in [0.25, 0.3) is 0 Å². The standard InChI is InChI=1S/C12H21BO4/c1-15-9-6-10-8(5-12(14)17-10)7(9)3-4-11(13)16-2/h3-4,7-12,14H,5-6,13H2,1-2H3/b4-3+/t7-,8-,9-,10+,11?,12?/m1/s1. The Labute approximate surface area is 103 Å². The number of hydrogen-bond donors (Lipinski definition) is 1. The van der Waals surface area contributed by atoms with Crippen LogP contribution < -0.4 is 0 Å². The maximum absolute atomic E-state index is 9.52. The van der Waals surface area contributed by atoms with Gasteiger partial charge in [-0.25, -0.2) is 0 Å². The van der Waals surface area contributed by atoms with E-state index >= 15 is 0 Å². The van der Waals surface area contributed by atoms with Crippen LogP contribution in [0.5, 0.6) is 0 Å². The summed E-state index contributed by atoms with van der Waals surface area (Å²) in [4.78, 5) is 0. The molecule has 0 spiro atoms. The minimum atomic E-state index is -0.599. The molecule has 17 heavy (non-hydrogen) atoms. The van der Waals surface area contributed by atoms with Crippen molar-refractivity contribution in [2.45, 2.75) is 37.3 Å². The first-order valence-corrected chi connectivity index (χ1v) is 6.23. The zero-order valence-electron chi connectivity index (χ0n) is 10.7. The molecular formula is C12H21BO4. The van der Waals surface area contributed by atoms with Crippen molar-refractivity contribution in [2.75, 3.05) is 14.2 Å². The molecule has 2 rings (SSSR count). The largest absolute Gasteiger partial charge is 0.387 e. The van der Waals surface area contributed by atoms with Crippen LogP contribution >= 0.6 is 0 Å². The first-order chi connectivity index (χ1) is 8.15. The highest BCUT2D eigenvalue weighted by Crippen LogP contribution is 2.44. The van der Waals surface area contributed by atoms with Crippen molar-refractivity contribution in [3.8, 4) is 0 Å². The molecule has 6 atom stereocenters. The lowest BCUT2D eigenvalue weighted by atomic mass is 9.89. The Hall–Kier alpha value is -0.355. The van der Waals surface area contributed by atoms with E-state index in [1.165, 1.54) is 0 Å². The van der Waals surface area contributed by atoms with E-state index in [9.17, 15) is 5.11 Å². The molecule has 1 aliphatic heterocycles. The van der Waals surface area contributed by atoms with Crippen molar-refractivity contribution in [1.82, 2.24) is 0 Å². The molecule has 96 valence electrons. The van der Waals surface area contributed by atoms with Gasteiger partial charge in [0.05, 0.1) is 12.2 Å². The van der Waals surface area contributed by atoms with Crippen LogP contribution in [0.4, 0.5) is 0 Å². The minimum absolute atomic E-state index is 0.110. The summed E-state index contributed by atoms with van der Waals surface area (Å²) in [6.45, 7) is 0. The highest BCUT2D eigenvalue weighted by atomic mass is 16.6. The summed E-state index contributed by atoms with van der Waals surface area (Å²) in [7, 11) is 5.44. The number of rotatable bonds is 4. The molecule has 1 heterocycles. The summed E-state index contributed by atoms with van der Waals surface area (Å²) in [5.41, 5.74) is 0. The quantitative estimate of drug-likeness (QED) is 0.551. The van der Waals surface area contributed by atoms with Crippen molar-refractivity contribution in [1.29, 1.82) is 0 Å². The summed E-state index contributed by atoms with van der Waals surface area (Å²) < 4.78 is 16.2. The van der Waals surface area contributed by atoms with Gasteiger partial charge in [0.1, 0.15) is 7.85 Å². The Bertz CT molecular complexity index is 284. The monoisotopic (exact) mass is 240 g/mol. The average Bonchev–Trinajstić information content (AvgIpc) is 2.81. The number of hydrogen-bond acceptors (Lipinski definition) is 4. The molecule has 1 saturated heterocycles. The third-order valence-corrected chi connectivity index (χ3v) is 3.95. The van der Waals surface area contributed by atoms with Crippen LogP contribution in [0, 0.1) is 11.8 Å². The van der Waals surface area contributed by atoms with Gasteiger partial charge >= 0.3 is 0 Å². The summed E-state index contributed by atoms with van der Waals surface area (Å²) in [5.74, 6) is 0.690. The van der Waals surface area contributed by atoms with Gasteiger partial charge in [0, 0.05) is 39.0 Å². The van der Waals surface area contributed by atoms with Crippen molar-refractivity contribution in [3.63, 3.8) is 0 Å². The maximum atomic E-state index is 9.52. The van der Waals surface area contributed by atoms with Crippen LogP contribution in [-0.2, 0) is 14.2 Å². The lowest BCUT2D eigenvalue weighted by Crippen LogP contribution is -2.21. The number of aliphatic hydroxyl groups is 1. The van der Waals surface area contributed by atoms with Crippen molar-refractivity contribution in [2.24, 2.45) is 11.8 Å². The van der Waals surface area contributed by atoms with Gasteiger partial charge in [-0.05, 0) is 5.92 Å². The molecule has 0 radical (unpaired) electrons. The molecular weight excluding hydrogens is 219 g/mol. The fourth-order valence-electron chi connectivity index (χ4n) is 2.92. The molecule has 2 unspecified atom stereocenters. The van der Waals surface area contributed by atoms with Gasteiger partial charge in [0.2, 0.25) is 0 Å². The summed E-state index contributed by atoms with van der Waals surface area (Å²) in [5, 5.41) is 9.52. The molecule has 1 N–H and O–H groups in total. The average molecular weight is 240 g/mol. The summed E-state index contributed by atoms with van der Waals surface area (Å²) in [6.07, 6.45) is 5.53. The summed E-state index contributed by atoms with van der Waals surface area (Å²) >= 11 is 0. The van der Waals surface area contributed by atoms with Gasteiger partial charge in [-0.3, -0.25) is 0 Å². The lowest BCUT2D eigenvalue weighted by Gasteiger charge is -2.19. The fraction of sp³-hybridized carbons (Fsp3) is 0.833. The third-order valence-electron chi connectivity index (χ3n) is 3.95. The van der Waals surface area contributed by atoms with E-state index < -0.39 is 6.29 Å². The molecule has 4 nitrogen and oxygen atoms in total. The number of ether oxygens (including phenoxy) is 3. The molecule has 0 amide bonds. The van der Waals surface area contributed by atoms with E-state index in [0.29, 0.717) is 18.3 Å². The molecule has 0 aromatic rings. The van der Waals surface area contributed by atoms with Gasteiger partial charge < -0.3 is 19.3 Å². The summed E-state index contributed by atoms with van der Waals surface area (Å²) in [6, 6.07) is 0.110. The molecule has 1 aliphatic carbocycles. The predicted octanol–water partition coefficient (Wildman–Crippen LogP) is -0.0934. The van der Waals surface area contributed by atoms with E-state index in [4.69, 9.17) is 14.2 Å². The first-order valence-electron chi connectivity index (χ1n) is 6.23. The lowest BCUT2D eigenvalue weighted by molar-refractivity contribution is -0.0964. The Balaban J connectivity index is 2.04. The molecule has 5 heteroatoms. The Morgan fingerprint density at radius 1 is 1.41 bits per heavy atom. The van der Waals surface area contributed by atoms with E-state index in [0.717, 1.165) is 6.42 Å². The molecule has 0 bridgehead atoms. The Morgan fingerprint density at radius 2 is 2.18 bits per heavy atom. The second-order valence-electron chi connectivity index (χ2n) is 4.94. The maximum Gasteiger partial charge on any atom is 0.155 e. The van der Waals surface area contributed by atoms with Crippen LogP contribution in [0.3, 0.4) is 0 Å². The smallest absolute Gasteiger partial charge is 0.155 e.